The largest absolute Gasteiger partial charge is 0.493 e. The highest BCUT2D eigenvalue weighted by Crippen LogP contribution is 2.38. The molecule has 0 saturated carbocycles. The highest BCUT2D eigenvalue weighted by molar-refractivity contribution is 9.10. The number of halogens is 2. The number of benzene rings is 3. The maximum Gasteiger partial charge on any atom is 0.363 e. The van der Waals surface area contributed by atoms with Gasteiger partial charge in [0.2, 0.25) is 5.90 Å². The van der Waals surface area contributed by atoms with Crippen LogP contribution in [0, 0.1) is 10.1 Å². The highest BCUT2D eigenvalue weighted by Gasteiger charge is 2.27. The Kier molecular flexibility index (Phi) is 7.48. The SMILES string of the molecule is COc1cc(/C=C2\N=C(c3cc([N+](=O)[O-])ccc3Cl)OC2=O)cc(Br)c1OCCc1ccccc1. The monoisotopic (exact) mass is 556 g/mol. The number of ether oxygens (including phenoxy) is 3. The summed E-state index contributed by atoms with van der Waals surface area (Å²) in [5, 5.41) is 11.3. The fraction of sp³-hybridized carbons (Fsp3) is 0.120. The number of non-ortho nitro benzene ring substituents is 1. The van der Waals surface area contributed by atoms with Crippen molar-refractivity contribution < 1.29 is 23.9 Å². The minimum atomic E-state index is -0.708. The van der Waals surface area contributed by atoms with E-state index in [9.17, 15) is 14.9 Å². The van der Waals surface area contributed by atoms with Crippen molar-refractivity contribution in [2.24, 2.45) is 4.99 Å². The molecule has 8 nitrogen and oxygen atoms in total. The normalized spacial score (nSPS) is 14.0. The zero-order chi connectivity index (χ0) is 24.9. The third-order valence-corrected chi connectivity index (χ3v) is 5.97. The third-order valence-electron chi connectivity index (χ3n) is 5.05. The number of carbonyl (C=O) groups excluding carboxylic acids is 1. The van der Waals surface area contributed by atoms with Crippen LogP contribution in [0.5, 0.6) is 11.5 Å². The number of nitrogens with zero attached hydrogens (tertiary/aromatic N) is 2. The van der Waals surface area contributed by atoms with Gasteiger partial charge in [-0.2, -0.15) is 0 Å². The zero-order valence-electron chi connectivity index (χ0n) is 18.4. The fourth-order valence-corrected chi connectivity index (χ4v) is 4.12. The van der Waals surface area contributed by atoms with E-state index >= 15 is 0 Å². The van der Waals surface area contributed by atoms with Crippen molar-refractivity contribution in [1.82, 2.24) is 0 Å². The number of nitro groups is 1. The lowest BCUT2D eigenvalue weighted by Crippen LogP contribution is -2.06. The second-order valence-corrected chi connectivity index (χ2v) is 8.64. The van der Waals surface area contributed by atoms with Gasteiger partial charge in [-0.3, -0.25) is 10.1 Å². The first-order valence-corrected chi connectivity index (χ1v) is 11.5. The van der Waals surface area contributed by atoms with Gasteiger partial charge in [0.25, 0.3) is 5.69 Å². The molecule has 1 heterocycles. The molecule has 0 saturated heterocycles. The second-order valence-electron chi connectivity index (χ2n) is 7.38. The van der Waals surface area contributed by atoms with Crippen LogP contribution in [0.1, 0.15) is 16.7 Å². The first-order chi connectivity index (χ1) is 16.9. The molecular formula is C25H18BrClN2O6. The van der Waals surface area contributed by atoms with Gasteiger partial charge in [-0.15, -0.1) is 0 Å². The predicted molar refractivity (Wildman–Crippen MR) is 135 cm³/mol. The van der Waals surface area contributed by atoms with E-state index < -0.39 is 10.9 Å². The van der Waals surface area contributed by atoms with Crippen LogP contribution >= 0.6 is 27.5 Å². The fourth-order valence-electron chi connectivity index (χ4n) is 3.35. The van der Waals surface area contributed by atoms with Crippen LogP contribution in [0.15, 0.2) is 75.8 Å². The summed E-state index contributed by atoms with van der Waals surface area (Å²) in [6.07, 6.45) is 2.24. The number of carbonyl (C=O) groups is 1. The van der Waals surface area contributed by atoms with Crippen molar-refractivity contribution >= 4 is 51.2 Å². The van der Waals surface area contributed by atoms with Crippen LogP contribution in [0.4, 0.5) is 5.69 Å². The summed E-state index contributed by atoms with van der Waals surface area (Å²) in [6.45, 7) is 0.448. The molecule has 35 heavy (non-hydrogen) atoms. The van der Waals surface area contributed by atoms with Crippen LogP contribution in [-0.2, 0) is 16.0 Å². The van der Waals surface area contributed by atoms with Crippen molar-refractivity contribution in [3.8, 4) is 11.5 Å². The van der Waals surface area contributed by atoms with Gasteiger partial charge in [-0.05, 0) is 51.3 Å². The van der Waals surface area contributed by atoms with Gasteiger partial charge in [0.05, 0.1) is 33.7 Å². The first kappa shape index (κ1) is 24.4. The molecule has 0 atom stereocenters. The Morgan fingerprint density at radius 3 is 2.66 bits per heavy atom. The molecule has 1 aliphatic rings. The highest BCUT2D eigenvalue weighted by atomic mass is 79.9. The van der Waals surface area contributed by atoms with Crippen LogP contribution in [-0.4, -0.2) is 30.5 Å². The number of nitro benzene ring substituents is 1. The predicted octanol–water partition coefficient (Wildman–Crippen LogP) is 5.99. The molecule has 0 aromatic heterocycles. The van der Waals surface area contributed by atoms with E-state index in [0.29, 0.717) is 28.1 Å². The summed E-state index contributed by atoms with van der Waals surface area (Å²) in [5.41, 5.74) is 1.72. The molecule has 0 aliphatic carbocycles. The van der Waals surface area contributed by atoms with Gasteiger partial charge in [0.1, 0.15) is 0 Å². The molecule has 0 fully saturated rings. The number of hydrogen-bond acceptors (Lipinski definition) is 7. The number of esters is 1. The summed E-state index contributed by atoms with van der Waals surface area (Å²) < 4.78 is 17.3. The second kappa shape index (κ2) is 10.7. The number of rotatable bonds is 8. The van der Waals surface area contributed by atoms with Crippen LogP contribution in [0.2, 0.25) is 5.02 Å². The molecule has 10 heteroatoms. The summed E-state index contributed by atoms with van der Waals surface area (Å²) in [4.78, 5) is 27.1. The zero-order valence-corrected chi connectivity index (χ0v) is 20.7. The van der Waals surface area contributed by atoms with Gasteiger partial charge in [0.15, 0.2) is 17.2 Å². The maximum absolute atomic E-state index is 12.4. The molecule has 0 bridgehead atoms. The van der Waals surface area contributed by atoms with Gasteiger partial charge < -0.3 is 14.2 Å². The molecule has 3 aromatic carbocycles. The van der Waals surface area contributed by atoms with Gasteiger partial charge in [0, 0.05) is 18.6 Å². The summed E-state index contributed by atoms with van der Waals surface area (Å²) >= 11 is 9.65. The van der Waals surface area contributed by atoms with Gasteiger partial charge >= 0.3 is 5.97 Å². The Hall–Kier alpha value is -3.69. The molecule has 0 radical (unpaired) electrons. The Bertz CT molecular complexity index is 1360. The smallest absolute Gasteiger partial charge is 0.363 e. The van der Waals surface area contributed by atoms with Crippen LogP contribution < -0.4 is 9.47 Å². The van der Waals surface area contributed by atoms with Gasteiger partial charge in [-0.25, -0.2) is 9.79 Å². The van der Waals surface area contributed by atoms with Crippen molar-refractivity contribution in [3.05, 3.63) is 103 Å². The number of hydrogen-bond donors (Lipinski definition) is 0. The standard InChI is InChI=1S/C25H18BrClN2O6/c1-33-22-13-16(11-19(26)23(22)34-10-9-15-5-3-2-4-6-15)12-21-25(30)35-24(28-21)18-14-17(29(31)32)7-8-20(18)27/h2-8,11-14H,9-10H2,1H3/b21-12-. The van der Waals surface area contributed by atoms with Crippen molar-refractivity contribution in [1.29, 1.82) is 0 Å². The van der Waals surface area contributed by atoms with E-state index in [1.54, 1.807) is 12.1 Å². The molecule has 178 valence electrons. The van der Waals surface area contributed by atoms with E-state index in [1.165, 1.54) is 31.4 Å². The molecule has 4 rings (SSSR count). The first-order valence-electron chi connectivity index (χ1n) is 10.4. The van der Waals surface area contributed by atoms with Crippen LogP contribution in [0.25, 0.3) is 6.08 Å². The molecule has 0 spiro atoms. The average molecular weight is 558 g/mol. The number of methoxy groups -OCH3 is 1. The van der Waals surface area contributed by atoms with Crippen molar-refractivity contribution in [2.75, 3.05) is 13.7 Å². The average Bonchev–Trinajstić information content (AvgIpc) is 3.20. The lowest BCUT2D eigenvalue weighted by molar-refractivity contribution is -0.384. The van der Waals surface area contributed by atoms with E-state index in [1.807, 2.05) is 30.3 Å². The Morgan fingerprint density at radius 1 is 1.17 bits per heavy atom. The molecule has 0 unspecified atom stereocenters. The molecular weight excluding hydrogens is 540 g/mol. The number of aliphatic imine (C=N–C) groups is 1. The lowest BCUT2D eigenvalue weighted by atomic mass is 10.1. The van der Waals surface area contributed by atoms with Gasteiger partial charge in [-0.1, -0.05) is 41.9 Å². The molecule has 3 aromatic rings. The number of cyclic esters (lactones) is 1. The third kappa shape index (κ3) is 5.70. The topological polar surface area (TPSA) is 100 Å². The molecule has 0 amide bonds. The van der Waals surface area contributed by atoms with E-state index in [4.69, 9.17) is 25.8 Å². The minimum Gasteiger partial charge on any atom is -0.493 e. The van der Waals surface area contributed by atoms with Crippen molar-refractivity contribution in [3.63, 3.8) is 0 Å². The quantitative estimate of drug-likeness (QED) is 0.146. The minimum absolute atomic E-state index is 0.00859. The van der Waals surface area contributed by atoms with Crippen molar-refractivity contribution in [2.45, 2.75) is 6.42 Å². The Morgan fingerprint density at radius 2 is 1.94 bits per heavy atom. The van der Waals surface area contributed by atoms with E-state index in [2.05, 4.69) is 20.9 Å². The lowest BCUT2D eigenvalue weighted by Gasteiger charge is -2.13. The van der Waals surface area contributed by atoms with E-state index in [0.717, 1.165) is 12.0 Å². The summed E-state index contributed by atoms with van der Waals surface area (Å²) in [6, 6.07) is 17.2. The van der Waals surface area contributed by atoms with Crippen LogP contribution in [0.3, 0.4) is 0 Å². The Balaban J connectivity index is 1.57. The Labute approximate surface area is 214 Å². The summed E-state index contributed by atoms with van der Waals surface area (Å²) in [7, 11) is 1.52. The van der Waals surface area contributed by atoms with E-state index in [-0.39, 0.29) is 27.9 Å². The maximum atomic E-state index is 12.4. The molecule has 1 aliphatic heterocycles. The molecule has 0 N–H and O–H groups in total. The summed E-state index contributed by atoms with van der Waals surface area (Å²) in [5.74, 6) is 0.187.